The topological polar surface area (TPSA) is 83.5 Å². The van der Waals surface area contributed by atoms with Crippen LogP contribution in [0.2, 0.25) is 5.02 Å². The number of nitrogens with zero attached hydrogens (tertiary/aromatic N) is 3. The number of amidine groups is 1. The third kappa shape index (κ3) is 6.26. The Hall–Kier alpha value is -3.52. The van der Waals surface area contributed by atoms with E-state index in [-0.39, 0.29) is 18.0 Å². The lowest BCUT2D eigenvalue weighted by Crippen LogP contribution is -2.54. The van der Waals surface area contributed by atoms with E-state index in [2.05, 4.69) is 10.3 Å². The summed E-state index contributed by atoms with van der Waals surface area (Å²) in [6, 6.07) is 14.7. The maximum absolute atomic E-state index is 13.0. The van der Waals surface area contributed by atoms with Gasteiger partial charge in [-0.2, -0.15) is 0 Å². The van der Waals surface area contributed by atoms with Crippen LogP contribution in [0.1, 0.15) is 15.9 Å². The molecule has 33 heavy (non-hydrogen) atoms. The fourth-order valence-electron chi connectivity index (χ4n) is 3.56. The molecule has 2 aromatic carbocycles. The summed E-state index contributed by atoms with van der Waals surface area (Å²) in [5.74, 6) is 0.559. The third-order valence-electron chi connectivity index (χ3n) is 5.31. The van der Waals surface area contributed by atoms with Gasteiger partial charge in [-0.1, -0.05) is 29.8 Å². The van der Waals surface area contributed by atoms with E-state index >= 15 is 0 Å². The van der Waals surface area contributed by atoms with Gasteiger partial charge in [-0.3, -0.25) is 10.1 Å². The molecule has 0 unspecified atom stereocenters. The van der Waals surface area contributed by atoms with E-state index < -0.39 is 0 Å². The van der Waals surface area contributed by atoms with E-state index in [4.69, 9.17) is 21.1 Å². The minimum absolute atomic E-state index is 0.0829. The normalized spacial score (nSPS) is 15.5. The molecule has 1 saturated heterocycles. The van der Waals surface area contributed by atoms with E-state index in [0.29, 0.717) is 55.7 Å². The Kier molecular flexibility index (Phi) is 7.47. The summed E-state index contributed by atoms with van der Waals surface area (Å²) in [5, 5.41) is 3.34. The van der Waals surface area contributed by atoms with Crippen LogP contribution in [-0.2, 0) is 11.2 Å². The number of amides is 3. The summed E-state index contributed by atoms with van der Waals surface area (Å²) in [4.78, 5) is 32.7. The van der Waals surface area contributed by atoms with Crippen LogP contribution < -0.4 is 10.1 Å². The van der Waals surface area contributed by atoms with Crippen molar-refractivity contribution < 1.29 is 19.1 Å². The number of benzene rings is 2. The molecule has 2 aromatic rings. The minimum Gasteiger partial charge on any atom is -0.493 e. The van der Waals surface area contributed by atoms with Crippen molar-refractivity contribution in [3.63, 3.8) is 0 Å². The Balaban J connectivity index is 1.26. The van der Waals surface area contributed by atoms with E-state index in [0.717, 1.165) is 12.0 Å². The first-order valence-corrected chi connectivity index (χ1v) is 11.1. The molecule has 3 amide bonds. The first-order chi connectivity index (χ1) is 16.1. The molecule has 0 aliphatic carbocycles. The molecule has 4 rings (SSSR count). The number of hydrogen-bond donors (Lipinski definition) is 1. The smallest absolute Gasteiger partial charge is 0.325 e. The number of carbonyl (C=O) groups is 2. The number of ether oxygens (including phenoxy) is 2. The summed E-state index contributed by atoms with van der Waals surface area (Å²) in [7, 11) is 0. The van der Waals surface area contributed by atoms with Crippen LogP contribution in [0.5, 0.6) is 5.75 Å². The summed E-state index contributed by atoms with van der Waals surface area (Å²) in [6.45, 7) is 2.60. The summed E-state index contributed by atoms with van der Waals surface area (Å²) >= 11 is 6.02. The standard InChI is InChI=1S/C24H25ClN4O4/c25-20-6-1-4-18(16-20)8-15-32-21-7-2-5-19(17-21)22(30)28-10-12-29(13-11-28)24(31)27-23-26-9-3-14-33-23/h1-7,9,16-17H,8,10-15H2,(H,26,27,31). The quantitative estimate of drug-likeness (QED) is 0.729. The molecule has 2 heterocycles. The maximum Gasteiger partial charge on any atom is 0.325 e. The van der Waals surface area contributed by atoms with Crippen LogP contribution in [0.4, 0.5) is 4.79 Å². The molecule has 9 heteroatoms. The molecule has 0 atom stereocenters. The van der Waals surface area contributed by atoms with Gasteiger partial charge in [-0.15, -0.1) is 0 Å². The predicted molar refractivity (Wildman–Crippen MR) is 126 cm³/mol. The SMILES string of the molecule is O=C(NC1=NC=CCO1)N1CCN(C(=O)c2cccc(OCCc3cccc(Cl)c3)c2)CC1. The molecule has 0 radical (unpaired) electrons. The average Bonchev–Trinajstić information content (AvgIpc) is 2.84. The molecule has 1 N–H and O–H groups in total. The van der Waals surface area contributed by atoms with Crippen LogP contribution >= 0.6 is 11.6 Å². The van der Waals surface area contributed by atoms with Crippen molar-refractivity contribution >= 4 is 29.6 Å². The Bertz CT molecular complexity index is 1060. The second-order valence-electron chi connectivity index (χ2n) is 7.60. The lowest BCUT2D eigenvalue weighted by molar-refractivity contribution is 0.0666. The Morgan fingerprint density at radius 2 is 1.85 bits per heavy atom. The number of hydrogen-bond acceptors (Lipinski definition) is 5. The minimum atomic E-state index is -0.286. The number of carbonyl (C=O) groups excluding carboxylic acids is 2. The van der Waals surface area contributed by atoms with Gasteiger partial charge in [0.25, 0.3) is 11.9 Å². The highest BCUT2D eigenvalue weighted by Gasteiger charge is 2.26. The zero-order valence-corrected chi connectivity index (χ0v) is 18.8. The van der Waals surface area contributed by atoms with E-state index in [1.54, 1.807) is 34.2 Å². The van der Waals surface area contributed by atoms with Gasteiger partial charge < -0.3 is 19.3 Å². The first kappa shape index (κ1) is 22.7. The summed E-state index contributed by atoms with van der Waals surface area (Å²) < 4.78 is 11.1. The lowest BCUT2D eigenvalue weighted by Gasteiger charge is -2.34. The number of aliphatic imine (C=N–C) groups is 1. The second-order valence-corrected chi connectivity index (χ2v) is 8.03. The zero-order chi connectivity index (χ0) is 23.0. The van der Waals surface area contributed by atoms with Crippen molar-refractivity contribution in [2.75, 3.05) is 39.4 Å². The molecule has 0 spiro atoms. The van der Waals surface area contributed by atoms with Crippen molar-refractivity contribution in [3.8, 4) is 5.75 Å². The van der Waals surface area contributed by atoms with Gasteiger partial charge in [-0.05, 0) is 42.0 Å². The first-order valence-electron chi connectivity index (χ1n) is 10.8. The monoisotopic (exact) mass is 468 g/mol. The average molecular weight is 469 g/mol. The van der Waals surface area contributed by atoms with Crippen molar-refractivity contribution in [2.45, 2.75) is 6.42 Å². The molecule has 1 fully saturated rings. The molecular formula is C24H25ClN4O4. The van der Waals surface area contributed by atoms with Crippen molar-refractivity contribution in [3.05, 3.63) is 77.0 Å². The largest absolute Gasteiger partial charge is 0.493 e. The van der Waals surface area contributed by atoms with Crippen LogP contribution in [0.15, 0.2) is 65.8 Å². The van der Waals surface area contributed by atoms with Crippen molar-refractivity contribution in [1.29, 1.82) is 0 Å². The lowest BCUT2D eigenvalue weighted by atomic mass is 10.1. The van der Waals surface area contributed by atoms with E-state index in [1.165, 1.54) is 0 Å². The number of nitrogens with one attached hydrogen (secondary N) is 1. The molecule has 0 aromatic heterocycles. The highest BCUT2D eigenvalue weighted by molar-refractivity contribution is 6.30. The van der Waals surface area contributed by atoms with Gasteiger partial charge in [0.2, 0.25) is 0 Å². The summed E-state index contributed by atoms with van der Waals surface area (Å²) in [5.41, 5.74) is 1.65. The number of rotatable bonds is 5. The van der Waals surface area contributed by atoms with Crippen LogP contribution in [0.3, 0.4) is 0 Å². The Labute approximate surface area is 197 Å². The molecule has 0 saturated carbocycles. The van der Waals surface area contributed by atoms with E-state index in [9.17, 15) is 9.59 Å². The fourth-order valence-corrected chi connectivity index (χ4v) is 3.77. The number of urea groups is 1. The van der Waals surface area contributed by atoms with Crippen LogP contribution in [0, 0.1) is 0 Å². The zero-order valence-electron chi connectivity index (χ0n) is 18.1. The van der Waals surface area contributed by atoms with Crippen LogP contribution in [-0.4, -0.2) is 67.2 Å². The Morgan fingerprint density at radius 3 is 2.61 bits per heavy atom. The van der Waals surface area contributed by atoms with Gasteiger partial charge in [0.05, 0.1) is 6.61 Å². The molecule has 2 aliphatic rings. The predicted octanol–water partition coefficient (Wildman–Crippen LogP) is 3.33. The molecular weight excluding hydrogens is 444 g/mol. The van der Waals surface area contributed by atoms with Crippen molar-refractivity contribution in [2.24, 2.45) is 4.99 Å². The van der Waals surface area contributed by atoms with E-state index in [1.807, 2.05) is 36.4 Å². The Morgan fingerprint density at radius 1 is 1.06 bits per heavy atom. The molecule has 0 bridgehead atoms. The maximum atomic E-state index is 13.0. The highest BCUT2D eigenvalue weighted by atomic mass is 35.5. The van der Waals surface area contributed by atoms with Gasteiger partial charge >= 0.3 is 6.03 Å². The molecule has 172 valence electrons. The fraction of sp³-hybridized carbons (Fsp3) is 0.292. The number of piperazine rings is 1. The molecule has 2 aliphatic heterocycles. The van der Waals surface area contributed by atoms with Gasteiger partial charge in [0, 0.05) is 49.4 Å². The van der Waals surface area contributed by atoms with Crippen molar-refractivity contribution in [1.82, 2.24) is 15.1 Å². The van der Waals surface area contributed by atoms with Gasteiger partial charge in [0.15, 0.2) is 0 Å². The molecule has 8 nitrogen and oxygen atoms in total. The van der Waals surface area contributed by atoms with Crippen LogP contribution in [0.25, 0.3) is 0 Å². The van der Waals surface area contributed by atoms with Gasteiger partial charge in [0.1, 0.15) is 12.4 Å². The van der Waals surface area contributed by atoms with Gasteiger partial charge in [-0.25, -0.2) is 9.79 Å². The third-order valence-corrected chi connectivity index (χ3v) is 5.55. The second kappa shape index (κ2) is 10.9. The number of halogens is 1. The highest BCUT2D eigenvalue weighted by Crippen LogP contribution is 2.17. The summed E-state index contributed by atoms with van der Waals surface area (Å²) in [6.07, 6.45) is 4.06.